The Balaban J connectivity index is 1.74. The molecule has 6 heteroatoms. The molecule has 1 saturated heterocycles. The summed E-state index contributed by atoms with van der Waals surface area (Å²) in [4.78, 5) is 6.55. The summed E-state index contributed by atoms with van der Waals surface area (Å²) in [7, 11) is 0. The average Bonchev–Trinajstić information content (AvgIpc) is 2.62. The summed E-state index contributed by atoms with van der Waals surface area (Å²) in [5.41, 5.74) is 1.55. The van der Waals surface area contributed by atoms with Crippen LogP contribution in [0.4, 0.5) is 5.82 Å². The molecule has 0 saturated carbocycles. The number of pyridine rings is 1. The number of halogens is 1. The number of hydrogen-bond donors (Lipinski definition) is 0. The van der Waals surface area contributed by atoms with Gasteiger partial charge in [-0.3, -0.25) is 0 Å². The third-order valence-electron chi connectivity index (χ3n) is 3.58. The molecule has 1 aromatic heterocycles. The normalized spacial score (nSPS) is 14.3. The second kappa shape index (κ2) is 7.32. The fourth-order valence-corrected chi connectivity index (χ4v) is 2.48. The maximum Gasteiger partial charge on any atom is 0.215 e. The van der Waals surface area contributed by atoms with Crippen LogP contribution in [0.15, 0.2) is 36.4 Å². The van der Waals surface area contributed by atoms with Crippen LogP contribution in [0.5, 0.6) is 5.88 Å². The van der Waals surface area contributed by atoms with Gasteiger partial charge in [-0.05, 0) is 23.8 Å². The zero-order chi connectivity index (χ0) is 16.1. The van der Waals surface area contributed by atoms with Gasteiger partial charge in [-0.2, -0.15) is 10.2 Å². The lowest BCUT2D eigenvalue weighted by Crippen LogP contribution is -2.37. The Morgan fingerprint density at radius 1 is 1.17 bits per heavy atom. The van der Waals surface area contributed by atoms with E-state index in [9.17, 15) is 5.26 Å². The molecule has 0 atom stereocenters. The minimum atomic E-state index is 0.401. The van der Waals surface area contributed by atoms with Crippen molar-refractivity contribution in [2.45, 2.75) is 6.61 Å². The predicted molar refractivity (Wildman–Crippen MR) is 87.8 cm³/mol. The van der Waals surface area contributed by atoms with Crippen molar-refractivity contribution in [3.8, 4) is 11.9 Å². The lowest BCUT2D eigenvalue weighted by molar-refractivity contribution is 0.122. The first-order valence-corrected chi connectivity index (χ1v) is 7.75. The maximum absolute atomic E-state index is 9.27. The van der Waals surface area contributed by atoms with Gasteiger partial charge in [0.1, 0.15) is 12.7 Å². The molecule has 0 spiro atoms. The van der Waals surface area contributed by atoms with E-state index in [4.69, 9.17) is 21.1 Å². The highest BCUT2D eigenvalue weighted by Gasteiger charge is 2.17. The number of aromatic nitrogens is 1. The van der Waals surface area contributed by atoms with E-state index in [1.165, 1.54) is 0 Å². The van der Waals surface area contributed by atoms with Gasteiger partial charge in [-0.15, -0.1) is 0 Å². The number of nitriles is 1. The van der Waals surface area contributed by atoms with Crippen molar-refractivity contribution in [1.29, 1.82) is 5.26 Å². The summed E-state index contributed by atoms with van der Waals surface area (Å²) in [6.07, 6.45) is 0. The topological polar surface area (TPSA) is 58.4 Å². The van der Waals surface area contributed by atoms with E-state index in [0.717, 1.165) is 18.7 Å². The highest BCUT2D eigenvalue weighted by atomic mass is 35.5. The fourth-order valence-electron chi connectivity index (χ4n) is 2.35. The van der Waals surface area contributed by atoms with Crippen LogP contribution in [0.25, 0.3) is 0 Å². The highest BCUT2D eigenvalue weighted by molar-refractivity contribution is 6.30. The molecule has 1 fully saturated rings. The Bertz CT molecular complexity index is 707. The smallest absolute Gasteiger partial charge is 0.215 e. The van der Waals surface area contributed by atoms with Crippen LogP contribution in [0, 0.1) is 11.3 Å². The zero-order valence-electron chi connectivity index (χ0n) is 12.5. The van der Waals surface area contributed by atoms with Crippen molar-refractivity contribution in [3.05, 3.63) is 52.5 Å². The Morgan fingerprint density at radius 2 is 1.91 bits per heavy atom. The van der Waals surface area contributed by atoms with Crippen molar-refractivity contribution in [1.82, 2.24) is 4.98 Å². The lowest BCUT2D eigenvalue weighted by Gasteiger charge is -2.28. The van der Waals surface area contributed by atoms with Crippen LogP contribution < -0.4 is 9.64 Å². The molecule has 2 aromatic rings. The Labute approximate surface area is 140 Å². The molecule has 3 rings (SSSR count). The summed E-state index contributed by atoms with van der Waals surface area (Å²) in [6.45, 7) is 3.13. The van der Waals surface area contributed by atoms with Crippen molar-refractivity contribution >= 4 is 17.4 Å². The van der Waals surface area contributed by atoms with E-state index in [-0.39, 0.29) is 0 Å². The third kappa shape index (κ3) is 3.92. The van der Waals surface area contributed by atoms with Gasteiger partial charge in [-0.25, -0.2) is 0 Å². The van der Waals surface area contributed by atoms with Crippen LogP contribution >= 0.6 is 11.6 Å². The number of morpholine rings is 1. The van der Waals surface area contributed by atoms with Crippen molar-refractivity contribution in [2.24, 2.45) is 0 Å². The van der Waals surface area contributed by atoms with E-state index in [1.807, 2.05) is 24.3 Å². The van der Waals surface area contributed by atoms with Crippen LogP contribution in [-0.2, 0) is 11.3 Å². The second-order valence-electron chi connectivity index (χ2n) is 5.15. The fraction of sp³-hybridized carbons (Fsp3) is 0.294. The molecule has 1 aliphatic rings. The second-order valence-corrected chi connectivity index (χ2v) is 5.58. The molecule has 23 heavy (non-hydrogen) atoms. The minimum Gasteiger partial charge on any atom is -0.473 e. The summed E-state index contributed by atoms with van der Waals surface area (Å²) < 4.78 is 11.1. The molecule has 5 nitrogen and oxygen atoms in total. The third-order valence-corrected chi connectivity index (χ3v) is 3.83. The molecular formula is C17H16ClN3O2. The Hall–Kier alpha value is -2.29. The van der Waals surface area contributed by atoms with Crippen LogP contribution in [0.1, 0.15) is 11.1 Å². The van der Waals surface area contributed by atoms with Gasteiger partial charge < -0.3 is 14.4 Å². The maximum atomic E-state index is 9.27. The highest BCUT2D eigenvalue weighted by Crippen LogP contribution is 2.23. The quantitative estimate of drug-likeness (QED) is 0.863. The van der Waals surface area contributed by atoms with Gasteiger partial charge in [0.2, 0.25) is 5.88 Å². The summed E-state index contributed by atoms with van der Waals surface area (Å²) in [6, 6.07) is 13.1. The van der Waals surface area contributed by atoms with E-state index in [2.05, 4.69) is 16.0 Å². The van der Waals surface area contributed by atoms with E-state index < -0.39 is 0 Å². The van der Waals surface area contributed by atoms with Gasteiger partial charge in [-0.1, -0.05) is 23.7 Å². The van der Waals surface area contributed by atoms with Gasteiger partial charge in [0.15, 0.2) is 5.82 Å². The molecular weight excluding hydrogens is 314 g/mol. The van der Waals surface area contributed by atoms with Crippen molar-refractivity contribution in [2.75, 3.05) is 31.2 Å². The standard InChI is InChI=1S/C17H16ClN3O2/c18-15-4-1-13(2-5-15)12-23-16-6-3-14(11-19)17(20-16)21-7-9-22-10-8-21/h1-6H,7-10,12H2. The summed E-state index contributed by atoms with van der Waals surface area (Å²) in [5, 5.41) is 9.97. The SMILES string of the molecule is N#Cc1ccc(OCc2ccc(Cl)cc2)nc1N1CCOCC1. The number of anilines is 1. The molecule has 0 radical (unpaired) electrons. The Morgan fingerprint density at radius 3 is 2.61 bits per heavy atom. The van der Waals surface area contributed by atoms with Crippen LogP contribution in [-0.4, -0.2) is 31.3 Å². The molecule has 1 aromatic carbocycles. The molecule has 0 amide bonds. The molecule has 1 aliphatic heterocycles. The number of rotatable bonds is 4. The zero-order valence-corrected chi connectivity index (χ0v) is 13.3. The van der Waals surface area contributed by atoms with Gasteiger partial charge in [0.05, 0.1) is 18.8 Å². The molecule has 118 valence electrons. The number of nitrogens with zero attached hydrogens (tertiary/aromatic N) is 3. The van der Waals surface area contributed by atoms with Gasteiger partial charge >= 0.3 is 0 Å². The molecule has 0 aliphatic carbocycles. The average molecular weight is 330 g/mol. The van der Waals surface area contributed by atoms with E-state index in [1.54, 1.807) is 12.1 Å². The van der Waals surface area contributed by atoms with Crippen LogP contribution in [0.2, 0.25) is 5.02 Å². The van der Waals surface area contributed by atoms with Crippen LogP contribution in [0.3, 0.4) is 0 Å². The van der Waals surface area contributed by atoms with Gasteiger partial charge in [0.25, 0.3) is 0 Å². The van der Waals surface area contributed by atoms with Crippen molar-refractivity contribution < 1.29 is 9.47 Å². The van der Waals surface area contributed by atoms with E-state index >= 15 is 0 Å². The van der Waals surface area contributed by atoms with E-state index in [0.29, 0.717) is 42.1 Å². The number of benzene rings is 1. The minimum absolute atomic E-state index is 0.401. The largest absolute Gasteiger partial charge is 0.473 e. The summed E-state index contributed by atoms with van der Waals surface area (Å²) in [5.74, 6) is 1.16. The summed E-state index contributed by atoms with van der Waals surface area (Å²) >= 11 is 5.87. The molecule has 0 unspecified atom stereocenters. The first-order chi connectivity index (χ1) is 11.3. The van der Waals surface area contributed by atoms with Gasteiger partial charge in [0, 0.05) is 24.2 Å². The monoisotopic (exact) mass is 329 g/mol. The predicted octanol–water partition coefficient (Wildman–Crippen LogP) is 3.02. The Kier molecular flexibility index (Phi) is 4.96. The molecule has 2 heterocycles. The molecule has 0 bridgehead atoms. The first-order valence-electron chi connectivity index (χ1n) is 7.37. The van der Waals surface area contributed by atoms with Crippen molar-refractivity contribution in [3.63, 3.8) is 0 Å². The number of hydrogen-bond acceptors (Lipinski definition) is 5. The first kappa shape index (κ1) is 15.6. The number of ether oxygens (including phenoxy) is 2. The lowest BCUT2D eigenvalue weighted by atomic mass is 10.2. The molecule has 0 N–H and O–H groups in total.